The lowest BCUT2D eigenvalue weighted by molar-refractivity contribution is 0.197. The fraction of sp³-hybridized carbons (Fsp3) is 0.538. The fourth-order valence-corrected chi connectivity index (χ4v) is 1.83. The van der Waals surface area contributed by atoms with Gasteiger partial charge in [0.15, 0.2) is 0 Å². The number of aryl methyl sites for hydroxylation is 2. The van der Waals surface area contributed by atoms with E-state index < -0.39 is 0 Å². The average molecular weight is 242 g/mol. The van der Waals surface area contributed by atoms with Crippen molar-refractivity contribution in [3.05, 3.63) is 34.9 Å². The number of nitrogens with one attached hydrogen (secondary N) is 1. The zero-order valence-electron chi connectivity index (χ0n) is 10.2. The van der Waals surface area contributed by atoms with Gasteiger partial charge in [0.25, 0.3) is 0 Å². The van der Waals surface area contributed by atoms with E-state index in [0.29, 0.717) is 6.61 Å². The number of methoxy groups -OCH3 is 1. The van der Waals surface area contributed by atoms with Crippen LogP contribution in [0.4, 0.5) is 0 Å². The van der Waals surface area contributed by atoms with Crippen LogP contribution in [0.3, 0.4) is 0 Å². The Balaban J connectivity index is 2.39. The van der Waals surface area contributed by atoms with Gasteiger partial charge >= 0.3 is 0 Å². The molecule has 0 heterocycles. The highest BCUT2D eigenvalue weighted by Crippen LogP contribution is 2.10. The zero-order valence-corrected chi connectivity index (χ0v) is 11.0. The Morgan fingerprint density at radius 2 is 2.12 bits per heavy atom. The van der Waals surface area contributed by atoms with Crippen molar-refractivity contribution in [1.29, 1.82) is 0 Å². The van der Waals surface area contributed by atoms with Gasteiger partial charge in [-0.3, -0.25) is 0 Å². The van der Waals surface area contributed by atoms with Gasteiger partial charge in [0.2, 0.25) is 0 Å². The number of benzene rings is 1. The molecule has 16 heavy (non-hydrogen) atoms. The van der Waals surface area contributed by atoms with E-state index in [-0.39, 0.29) is 5.38 Å². The van der Waals surface area contributed by atoms with Crippen LogP contribution in [-0.4, -0.2) is 25.6 Å². The Labute approximate surface area is 103 Å². The van der Waals surface area contributed by atoms with Gasteiger partial charge in [0.1, 0.15) is 0 Å². The summed E-state index contributed by atoms with van der Waals surface area (Å²) in [5.74, 6) is 0. The molecule has 0 fully saturated rings. The minimum Gasteiger partial charge on any atom is -0.383 e. The van der Waals surface area contributed by atoms with Crippen LogP contribution in [0.25, 0.3) is 0 Å². The molecule has 1 unspecified atom stereocenters. The fourth-order valence-electron chi connectivity index (χ4n) is 1.59. The van der Waals surface area contributed by atoms with E-state index in [1.807, 2.05) is 0 Å². The van der Waals surface area contributed by atoms with Crippen molar-refractivity contribution in [2.75, 3.05) is 20.3 Å². The minimum atomic E-state index is 0.0371. The molecular weight excluding hydrogens is 222 g/mol. The van der Waals surface area contributed by atoms with Crippen LogP contribution < -0.4 is 5.32 Å². The molecule has 0 saturated carbocycles. The Morgan fingerprint density at radius 1 is 1.38 bits per heavy atom. The lowest BCUT2D eigenvalue weighted by Gasteiger charge is -2.11. The van der Waals surface area contributed by atoms with Gasteiger partial charge in [-0.1, -0.05) is 23.8 Å². The van der Waals surface area contributed by atoms with Gasteiger partial charge in [-0.2, -0.15) is 0 Å². The first-order chi connectivity index (χ1) is 7.63. The molecule has 2 nitrogen and oxygen atoms in total. The molecule has 0 amide bonds. The molecule has 0 radical (unpaired) electrons. The third kappa shape index (κ3) is 4.52. The monoisotopic (exact) mass is 241 g/mol. The highest BCUT2D eigenvalue weighted by molar-refractivity contribution is 6.20. The SMILES string of the molecule is COCC(Cl)CNCc1cc(C)ccc1C. The Hall–Kier alpha value is -0.570. The maximum Gasteiger partial charge on any atom is 0.0694 e. The Kier molecular flexibility index (Phi) is 5.81. The molecule has 0 aliphatic heterocycles. The molecule has 0 aromatic heterocycles. The van der Waals surface area contributed by atoms with Gasteiger partial charge in [0, 0.05) is 20.2 Å². The Morgan fingerprint density at radius 3 is 2.81 bits per heavy atom. The molecule has 3 heteroatoms. The van der Waals surface area contributed by atoms with Gasteiger partial charge in [-0.05, 0) is 25.0 Å². The molecule has 1 aromatic carbocycles. The second-order valence-corrected chi connectivity index (χ2v) is 4.73. The van der Waals surface area contributed by atoms with Crippen LogP contribution in [-0.2, 0) is 11.3 Å². The van der Waals surface area contributed by atoms with Crippen LogP contribution in [0.2, 0.25) is 0 Å². The third-order valence-electron chi connectivity index (χ3n) is 2.53. The van der Waals surface area contributed by atoms with E-state index in [1.54, 1.807) is 7.11 Å². The van der Waals surface area contributed by atoms with Crippen LogP contribution in [0.5, 0.6) is 0 Å². The van der Waals surface area contributed by atoms with Crippen molar-refractivity contribution >= 4 is 11.6 Å². The quantitative estimate of drug-likeness (QED) is 0.774. The molecule has 1 aromatic rings. The topological polar surface area (TPSA) is 21.3 Å². The van der Waals surface area contributed by atoms with Gasteiger partial charge in [0.05, 0.1) is 12.0 Å². The second kappa shape index (κ2) is 6.89. The van der Waals surface area contributed by atoms with Gasteiger partial charge in [-0.25, -0.2) is 0 Å². The molecule has 90 valence electrons. The predicted octanol–water partition coefficient (Wildman–Crippen LogP) is 2.65. The molecule has 0 saturated heterocycles. The van der Waals surface area contributed by atoms with Gasteiger partial charge < -0.3 is 10.1 Å². The first-order valence-electron chi connectivity index (χ1n) is 5.53. The lowest BCUT2D eigenvalue weighted by atomic mass is 10.1. The van der Waals surface area contributed by atoms with Crippen LogP contribution >= 0.6 is 11.6 Å². The van der Waals surface area contributed by atoms with E-state index in [2.05, 4.69) is 37.4 Å². The maximum absolute atomic E-state index is 6.03. The summed E-state index contributed by atoms with van der Waals surface area (Å²) >= 11 is 6.03. The molecule has 0 spiro atoms. The summed E-state index contributed by atoms with van der Waals surface area (Å²) in [4.78, 5) is 0. The summed E-state index contributed by atoms with van der Waals surface area (Å²) in [6, 6.07) is 6.50. The van der Waals surface area contributed by atoms with E-state index in [9.17, 15) is 0 Å². The lowest BCUT2D eigenvalue weighted by Crippen LogP contribution is -2.26. The number of hydrogen-bond acceptors (Lipinski definition) is 2. The van der Waals surface area contributed by atoms with E-state index in [1.165, 1.54) is 16.7 Å². The molecule has 0 aliphatic carbocycles. The summed E-state index contributed by atoms with van der Waals surface area (Å²) in [5, 5.41) is 3.38. The minimum absolute atomic E-state index is 0.0371. The summed E-state index contributed by atoms with van der Waals surface area (Å²) in [6.45, 7) is 6.45. The molecule has 0 bridgehead atoms. The van der Waals surface area contributed by atoms with Crippen molar-refractivity contribution in [3.8, 4) is 0 Å². The molecule has 0 aliphatic rings. The second-order valence-electron chi connectivity index (χ2n) is 4.11. The van der Waals surface area contributed by atoms with Crippen molar-refractivity contribution < 1.29 is 4.74 Å². The summed E-state index contributed by atoms with van der Waals surface area (Å²) < 4.78 is 4.98. The van der Waals surface area contributed by atoms with E-state index in [4.69, 9.17) is 16.3 Å². The largest absolute Gasteiger partial charge is 0.383 e. The highest BCUT2D eigenvalue weighted by atomic mass is 35.5. The smallest absolute Gasteiger partial charge is 0.0694 e. The Bertz CT molecular complexity index is 328. The van der Waals surface area contributed by atoms with Crippen LogP contribution in [0.1, 0.15) is 16.7 Å². The summed E-state index contributed by atoms with van der Waals surface area (Å²) in [7, 11) is 1.67. The van der Waals surface area contributed by atoms with Crippen molar-refractivity contribution in [2.24, 2.45) is 0 Å². The van der Waals surface area contributed by atoms with Crippen molar-refractivity contribution in [3.63, 3.8) is 0 Å². The highest BCUT2D eigenvalue weighted by Gasteiger charge is 2.04. The number of ether oxygens (including phenoxy) is 1. The molecule has 1 atom stereocenters. The maximum atomic E-state index is 6.03. The average Bonchev–Trinajstić information content (AvgIpc) is 2.23. The van der Waals surface area contributed by atoms with E-state index >= 15 is 0 Å². The standard InChI is InChI=1S/C13H20ClNO/c1-10-4-5-11(2)12(6-10)7-15-8-13(14)9-16-3/h4-6,13,15H,7-9H2,1-3H3. The zero-order chi connectivity index (χ0) is 12.0. The predicted molar refractivity (Wildman–Crippen MR) is 69.1 cm³/mol. The normalized spacial score (nSPS) is 12.8. The third-order valence-corrected chi connectivity index (χ3v) is 2.81. The molecule has 1 N–H and O–H groups in total. The van der Waals surface area contributed by atoms with Crippen molar-refractivity contribution in [1.82, 2.24) is 5.32 Å². The van der Waals surface area contributed by atoms with Crippen LogP contribution in [0, 0.1) is 13.8 Å². The number of alkyl halides is 1. The first-order valence-corrected chi connectivity index (χ1v) is 5.97. The summed E-state index contributed by atoms with van der Waals surface area (Å²) in [5.41, 5.74) is 3.94. The van der Waals surface area contributed by atoms with E-state index in [0.717, 1.165) is 13.1 Å². The summed E-state index contributed by atoms with van der Waals surface area (Å²) in [6.07, 6.45) is 0. The molecule has 1 rings (SSSR count). The van der Waals surface area contributed by atoms with Crippen molar-refractivity contribution in [2.45, 2.75) is 25.8 Å². The molecular formula is C13H20ClNO. The first kappa shape index (κ1) is 13.5. The number of halogens is 1. The number of rotatable bonds is 6. The van der Waals surface area contributed by atoms with Gasteiger partial charge in [-0.15, -0.1) is 11.6 Å². The van der Waals surface area contributed by atoms with Crippen LogP contribution in [0.15, 0.2) is 18.2 Å². The number of hydrogen-bond donors (Lipinski definition) is 1.